The van der Waals surface area contributed by atoms with E-state index in [2.05, 4.69) is 10.3 Å². The average molecular weight is 229 g/mol. The van der Waals surface area contributed by atoms with Gasteiger partial charge in [0, 0.05) is 0 Å². The number of aryl methyl sites for hydroxylation is 1. The third kappa shape index (κ3) is 2.77. The zero-order valence-electron chi connectivity index (χ0n) is 9.57. The maximum atomic E-state index is 12.3. The highest BCUT2D eigenvalue weighted by Gasteiger charge is 2.19. The minimum Gasteiger partial charge on any atom is -0.461 e. The zero-order chi connectivity index (χ0) is 12.0. The van der Waals surface area contributed by atoms with Crippen molar-refractivity contribution in [2.45, 2.75) is 33.2 Å². The van der Waals surface area contributed by atoms with Gasteiger partial charge < -0.3 is 4.74 Å². The van der Waals surface area contributed by atoms with Crippen molar-refractivity contribution in [3.05, 3.63) is 11.4 Å². The van der Waals surface area contributed by atoms with Crippen LogP contribution in [0.1, 0.15) is 36.5 Å². The van der Waals surface area contributed by atoms with E-state index in [1.807, 2.05) is 6.92 Å². The molecule has 0 saturated carbocycles. The highest BCUT2D eigenvalue weighted by Crippen LogP contribution is 2.10. The van der Waals surface area contributed by atoms with E-state index in [4.69, 9.17) is 4.74 Å². The standard InChI is InChI=1S/C10H16FN3O2/c1-3-5-8-9(10(15)16-4-2)12-13-14(8)7-6-11/h3-7H2,1-2H3. The summed E-state index contributed by atoms with van der Waals surface area (Å²) in [5, 5.41) is 7.50. The molecule has 0 atom stereocenters. The van der Waals surface area contributed by atoms with Gasteiger partial charge in [-0.05, 0) is 13.3 Å². The first-order valence-electron chi connectivity index (χ1n) is 5.40. The van der Waals surface area contributed by atoms with Crippen molar-refractivity contribution < 1.29 is 13.9 Å². The van der Waals surface area contributed by atoms with Crippen molar-refractivity contribution in [2.24, 2.45) is 0 Å². The van der Waals surface area contributed by atoms with Gasteiger partial charge in [0.15, 0.2) is 5.69 Å². The first kappa shape index (κ1) is 12.6. The van der Waals surface area contributed by atoms with Crippen molar-refractivity contribution in [3.8, 4) is 0 Å². The highest BCUT2D eigenvalue weighted by molar-refractivity contribution is 5.88. The maximum absolute atomic E-state index is 12.3. The summed E-state index contributed by atoms with van der Waals surface area (Å²) >= 11 is 0. The summed E-state index contributed by atoms with van der Waals surface area (Å²) in [6.45, 7) is 3.59. The molecule has 90 valence electrons. The summed E-state index contributed by atoms with van der Waals surface area (Å²) in [7, 11) is 0. The fourth-order valence-corrected chi connectivity index (χ4v) is 1.43. The zero-order valence-corrected chi connectivity index (χ0v) is 9.57. The topological polar surface area (TPSA) is 57.0 Å². The molecule has 0 saturated heterocycles. The summed E-state index contributed by atoms with van der Waals surface area (Å²) in [5.41, 5.74) is 0.857. The number of hydrogen-bond acceptors (Lipinski definition) is 4. The van der Waals surface area contributed by atoms with Gasteiger partial charge in [0.1, 0.15) is 6.67 Å². The molecule has 1 rings (SSSR count). The van der Waals surface area contributed by atoms with Gasteiger partial charge in [-0.15, -0.1) is 5.10 Å². The number of carbonyl (C=O) groups excluding carboxylic acids is 1. The summed E-state index contributed by atoms with van der Waals surface area (Å²) < 4.78 is 18.5. The molecule has 0 fully saturated rings. The fraction of sp³-hybridized carbons (Fsp3) is 0.700. The van der Waals surface area contributed by atoms with Gasteiger partial charge in [-0.25, -0.2) is 13.9 Å². The van der Waals surface area contributed by atoms with E-state index < -0.39 is 12.6 Å². The van der Waals surface area contributed by atoms with Crippen molar-refractivity contribution in [2.75, 3.05) is 13.3 Å². The number of aromatic nitrogens is 3. The number of rotatable bonds is 6. The maximum Gasteiger partial charge on any atom is 0.360 e. The average Bonchev–Trinajstić information content (AvgIpc) is 2.64. The van der Waals surface area contributed by atoms with Crippen LogP contribution in [0, 0.1) is 0 Å². The number of nitrogens with zero attached hydrogens (tertiary/aromatic N) is 3. The molecular weight excluding hydrogens is 213 g/mol. The van der Waals surface area contributed by atoms with Gasteiger partial charge in [-0.3, -0.25) is 0 Å². The van der Waals surface area contributed by atoms with E-state index in [1.165, 1.54) is 4.68 Å². The number of ether oxygens (including phenoxy) is 1. The molecule has 1 aromatic heterocycles. The van der Waals surface area contributed by atoms with Crippen molar-refractivity contribution in [3.63, 3.8) is 0 Å². The van der Waals surface area contributed by atoms with Gasteiger partial charge >= 0.3 is 5.97 Å². The highest BCUT2D eigenvalue weighted by atomic mass is 19.1. The Hall–Kier alpha value is -1.46. The molecule has 0 aliphatic rings. The second-order valence-electron chi connectivity index (χ2n) is 3.27. The second kappa shape index (κ2) is 6.19. The molecular formula is C10H16FN3O2. The smallest absolute Gasteiger partial charge is 0.360 e. The Morgan fingerprint density at radius 2 is 2.25 bits per heavy atom. The predicted molar refractivity (Wildman–Crippen MR) is 55.9 cm³/mol. The van der Waals surface area contributed by atoms with Crippen LogP contribution >= 0.6 is 0 Å². The van der Waals surface area contributed by atoms with Crippen LogP contribution in [0.5, 0.6) is 0 Å². The van der Waals surface area contributed by atoms with Gasteiger partial charge in [0.05, 0.1) is 18.8 Å². The summed E-state index contributed by atoms with van der Waals surface area (Å²) in [4.78, 5) is 11.5. The van der Waals surface area contributed by atoms with Crippen LogP contribution in [-0.2, 0) is 17.7 Å². The lowest BCUT2D eigenvalue weighted by molar-refractivity contribution is 0.0518. The largest absolute Gasteiger partial charge is 0.461 e. The number of esters is 1. The predicted octanol–water partition coefficient (Wildman–Crippen LogP) is 1.38. The van der Waals surface area contributed by atoms with Gasteiger partial charge in [-0.2, -0.15) is 0 Å². The third-order valence-electron chi connectivity index (χ3n) is 2.09. The van der Waals surface area contributed by atoms with E-state index in [1.54, 1.807) is 6.92 Å². The molecule has 1 heterocycles. The van der Waals surface area contributed by atoms with Crippen LogP contribution in [0.3, 0.4) is 0 Å². The van der Waals surface area contributed by atoms with Crippen LogP contribution in [-0.4, -0.2) is 34.2 Å². The minimum atomic E-state index is -0.525. The molecule has 5 nitrogen and oxygen atoms in total. The molecule has 0 amide bonds. The lowest BCUT2D eigenvalue weighted by atomic mass is 10.2. The van der Waals surface area contributed by atoms with Crippen LogP contribution < -0.4 is 0 Å². The Morgan fingerprint density at radius 3 is 2.81 bits per heavy atom. The number of hydrogen-bond donors (Lipinski definition) is 0. The van der Waals surface area contributed by atoms with Crippen molar-refractivity contribution in [1.29, 1.82) is 0 Å². The monoisotopic (exact) mass is 229 g/mol. The van der Waals surface area contributed by atoms with E-state index in [-0.39, 0.29) is 12.2 Å². The lowest BCUT2D eigenvalue weighted by Gasteiger charge is -2.04. The molecule has 0 aliphatic carbocycles. The molecule has 1 aromatic rings. The van der Waals surface area contributed by atoms with Crippen molar-refractivity contribution in [1.82, 2.24) is 15.0 Å². The van der Waals surface area contributed by atoms with Crippen LogP contribution in [0.4, 0.5) is 4.39 Å². The molecule has 6 heteroatoms. The minimum absolute atomic E-state index is 0.127. The molecule has 0 unspecified atom stereocenters. The quantitative estimate of drug-likeness (QED) is 0.691. The van der Waals surface area contributed by atoms with Crippen LogP contribution in [0.2, 0.25) is 0 Å². The van der Waals surface area contributed by atoms with E-state index in [9.17, 15) is 9.18 Å². The SMILES string of the molecule is CCCc1c(C(=O)OCC)nnn1CCF. The number of alkyl halides is 1. The Morgan fingerprint density at radius 1 is 1.50 bits per heavy atom. The number of halogens is 1. The van der Waals surface area contributed by atoms with Crippen molar-refractivity contribution >= 4 is 5.97 Å². The summed E-state index contributed by atoms with van der Waals surface area (Å²) in [6.07, 6.45) is 1.48. The van der Waals surface area contributed by atoms with Gasteiger partial charge in [0.25, 0.3) is 0 Å². The first-order chi connectivity index (χ1) is 7.74. The molecule has 0 bridgehead atoms. The molecule has 16 heavy (non-hydrogen) atoms. The molecule has 0 aromatic carbocycles. The molecule has 0 radical (unpaired) electrons. The molecule has 0 spiro atoms. The lowest BCUT2D eigenvalue weighted by Crippen LogP contribution is -2.11. The van der Waals surface area contributed by atoms with Crippen LogP contribution in [0.15, 0.2) is 0 Å². The van der Waals surface area contributed by atoms with Gasteiger partial charge in [0.2, 0.25) is 0 Å². The Kier molecular flexibility index (Phi) is 4.88. The normalized spacial score (nSPS) is 10.4. The van der Waals surface area contributed by atoms with Gasteiger partial charge in [-0.1, -0.05) is 18.6 Å². The van der Waals surface area contributed by atoms with E-state index in [0.29, 0.717) is 18.7 Å². The number of carbonyl (C=O) groups is 1. The first-order valence-corrected chi connectivity index (χ1v) is 5.40. The Labute approximate surface area is 93.6 Å². The van der Waals surface area contributed by atoms with Crippen LogP contribution in [0.25, 0.3) is 0 Å². The second-order valence-corrected chi connectivity index (χ2v) is 3.27. The Balaban J connectivity index is 2.94. The third-order valence-corrected chi connectivity index (χ3v) is 2.09. The van der Waals surface area contributed by atoms with E-state index >= 15 is 0 Å². The molecule has 0 N–H and O–H groups in total. The summed E-state index contributed by atoms with van der Waals surface area (Å²) in [6, 6.07) is 0. The Bertz CT molecular complexity index is 352. The molecule has 0 aliphatic heterocycles. The summed E-state index contributed by atoms with van der Waals surface area (Å²) in [5.74, 6) is -0.490. The fourth-order valence-electron chi connectivity index (χ4n) is 1.43. The van der Waals surface area contributed by atoms with E-state index in [0.717, 1.165) is 6.42 Å².